The fraction of sp³-hybridized carbons (Fsp3) is 0.800. The number of carboxylic acids is 2. The molecule has 9 heteroatoms. The molecule has 0 rings (SSSR count). The molecule has 0 saturated carbocycles. The normalized spacial score (nSPS) is 12.4. The molecule has 2 unspecified atom stereocenters. The standard InChI is InChI=1S/2C5H11NO3.Ca/c2*1-9-3-2-4(6)5(7)8;/h2*4H,2-3,6H2,1H3,(H,7,8);/q;;+2/p-2. The second kappa shape index (κ2) is 16.1. The van der Waals surface area contributed by atoms with Crippen LogP contribution in [0, 0.1) is 0 Å². The van der Waals surface area contributed by atoms with E-state index < -0.39 is 24.0 Å². The monoisotopic (exact) mass is 304 g/mol. The number of ether oxygens (including phenoxy) is 2. The summed E-state index contributed by atoms with van der Waals surface area (Å²) in [5.74, 6) is -2.46. The van der Waals surface area contributed by atoms with Gasteiger partial charge in [-0.05, 0) is 12.8 Å². The molecule has 0 saturated heterocycles. The molecule has 0 aromatic carbocycles. The molecule has 0 bridgehead atoms. The van der Waals surface area contributed by atoms with Crippen molar-refractivity contribution in [3.05, 3.63) is 0 Å². The van der Waals surface area contributed by atoms with Gasteiger partial charge in [0, 0.05) is 39.5 Å². The fourth-order valence-electron chi connectivity index (χ4n) is 0.725. The SMILES string of the molecule is COCCC(N)C(=O)[O-].COCCC(N)C(=O)[O-].[Ca+2]. The van der Waals surface area contributed by atoms with Gasteiger partial charge in [0.1, 0.15) is 0 Å². The van der Waals surface area contributed by atoms with Crippen LogP contribution in [0.15, 0.2) is 0 Å². The molecule has 0 amide bonds. The van der Waals surface area contributed by atoms with Gasteiger partial charge in [-0.1, -0.05) is 0 Å². The van der Waals surface area contributed by atoms with E-state index in [0.717, 1.165) is 0 Å². The van der Waals surface area contributed by atoms with Gasteiger partial charge >= 0.3 is 37.7 Å². The van der Waals surface area contributed by atoms with Crippen LogP contribution in [0.3, 0.4) is 0 Å². The van der Waals surface area contributed by atoms with Gasteiger partial charge in [-0.15, -0.1) is 0 Å². The summed E-state index contributed by atoms with van der Waals surface area (Å²) in [6, 6.07) is -1.80. The Morgan fingerprint density at radius 3 is 1.37 bits per heavy atom. The third-order valence-electron chi connectivity index (χ3n) is 1.87. The van der Waals surface area contributed by atoms with Crippen molar-refractivity contribution in [2.24, 2.45) is 11.5 Å². The van der Waals surface area contributed by atoms with Gasteiger partial charge in [0.15, 0.2) is 0 Å². The number of carboxylic acid groups (broad SMARTS) is 2. The number of rotatable bonds is 8. The Kier molecular flexibility index (Phi) is 20.4. The number of carbonyl (C=O) groups is 2. The van der Waals surface area contributed by atoms with Crippen LogP contribution in [0.1, 0.15) is 12.8 Å². The predicted octanol–water partition coefficient (Wildman–Crippen LogP) is -4.18. The Labute approximate surface area is 142 Å². The van der Waals surface area contributed by atoms with Crippen LogP contribution in [0.4, 0.5) is 0 Å². The molecule has 108 valence electrons. The van der Waals surface area contributed by atoms with E-state index in [2.05, 4.69) is 9.47 Å². The van der Waals surface area contributed by atoms with E-state index in [0.29, 0.717) is 26.1 Å². The van der Waals surface area contributed by atoms with E-state index in [-0.39, 0.29) is 37.7 Å². The van der Waals surface area contributed by atoms with Gasteiger partial charge in [-0.25, -0.2) is 0 Å². The first-order chi connectivity index (χ1) is 8.36. The van der Waals surface area contributed by atoms with Crippen LogP contribution in [0.2, 0.25) is 0 Å². The van der Waals surface area contributed by atoms with Crippen molar-refractivity contribution in [2.45, 2.75) is 24.9 Å². The largest absolute Gasteiger partial charge is 2.00 e. The average molecular weight is 304 g/mol. The molecule has 2 atom stereocenters. The summed E-state index contributed by atoms with van der Waals surface area (Å²) in [5, 5.41) is 19.8. The van der Waals surface area contributed by atoms with Crippen molar-refractivity contribution in [2.75, 3.05) is 27.4 Å². The second-order valence-electron chi connectivity index (χ2n) is 3.41. The molecular formula is C10H20CaN2O6. The summed E-state index contributed by atoms with van der Waals surface area (Å²) < 4.78 is 9.18. The maximum atomic E-state index is 9.91. The van der Waals surface area contributed by atoms with Crippen LogP contribution < -0.4 is 21.7 Å². The maximum Gasteiger partial charge on any atom is 2.00 e. The number of aliphatic carboxylic acids is 2. The van der Waals surface area contributed by atoms with Crippen LogP contribution >= 0.6 is 0 Å². The predicted molar refractivity (Wildman–Crippen MR) is 64.7 cm³/mol. The fourth-order valence-corrected chi connectivity index (χ4v) is 0.725. The summed E-state index contributed by atoms with van der Waals surface area (Å²) in [6.45, 7) is 0.713. The maximum absolute atomic E-state index is 9.91. The van der Waals surface area contributed by atoms with Crippen molar-refractivity contribution in [3.63, 3.8) is 0 Å². The Hall–Kier alpha value is 0.0397. The van der Waals surface area contributed by atoms with E-state index >= 15 is 0 Å². The minimum Gasteiger partial charge on any atom is -0.548 e. The van der Waals surface area contributed by atoms with E-state index in [4.69, 9.17) is 11.5 Å². The van der Waals surface area contributed by atoms with E-state index in [1.165, 1.54) is 14.2 Å². The minimum atomic E-state index is -1.23. The molecule has 0 aliphatic carbocycles. The number of nitrogens with two attached hydrogens (primary N) is 2. The van der Waals surface area contributed by atoms with Crippen molar-refractivity contribution in [3.8, 4) is 0 Å². The Morgan fingerprint density at radius 2 is 1.21 bits per heavy atom. The van der Waals surface area contributed by atoms with E-state index in [9.17, 15) is 19.8 Å². The zero-order valence-corrected chi connectivity index (χ0v) is 13.5. The number of methoxy groups -OCH3 is 2. The summed E-state index contributed by atoms with van der Waals surface area (Å²) in [5.41, 5.74) is 10.1. The van der Waals surface area contributed by atoms with Gasteiger partial charge in [0.2, 0.25) is 0 Å². The van der Waals surface area contributed by atoms with Gasteiger partial charge in [-0.2, -0.15) is 0 Å². The summed E-state index contributed by atoms with van der Waals surface area (Å²) in [7, 11) is 2.98. The van der Waals surface area contributed by atoms with Crippen LogP contribution in [0.5, 0.6) is 0 Å². The molecule has 8 nitrogen and oxygen atoms in total. The van der Waals surface area contributed by atoms with Crippen LogP contribution in [-0.2, 0) is 19.1 Å². The first-order valence-electron chi connectivity index (χ1n) is 5.27. The van der Waals surface area contributed by atoms with Crippen molar-refractivity contribution >= 4 is 49.7 Å². The second-order valence-corrected chi connectivity index (χ2v) is 3.41. The van der Waals surface area contributed by atoms with Crippen molar-refractivity contribution in [1.82, 2.24) is 0 Å². The van der Waals surface area contributed by atoms with Gasteiger partial charge in [0.05, 0.1) is 11.9 Å². The smallest absolute Gasteiger partial charge is 0.548 e. The summed E-state index contributed by atoms with van der Waals surface area (Å²) in [6.07, 6.45) is 0.609. The first-order valence-corrected chi connectivity index (χ1v) is 5.27. The zero-order valence-electron chi connectivity index (χ0n) is 11.3. The average Bonchev–Trinajstić information content (AvgIpc) is 2.33. The van der Waals surface area contributed by atoms with Crippen LogP contribution in [0.25, 0.3) is 0 Å². The summed E-state index contributed by atoms with van der Waals surface area (Å²) in [4.78, 5) is 19.8. The quantitative estimate of drug-likeness (QED) is 0.428. The molecule has 0 radical (unpaired) electrons. The van der Waals surface area contributed by atoms with Gasteiger partial charge in [0.25, 0.3) is 0 Å². The molecule has 0 aromatic heterocycles. The molecule has 4 N–H and O–H groups in total. The number of hydrogen-bond donors (Lipinski definition) is 2. The van der Waals surface area contributed by atoms with Crippen molar-refractivity contribution in [1.29, 1.82) is 0 Å². The molecule has 0 aliphatic heterocycles. The zero-order chi connectivity index (χ0) is 14.6. The molecule has 19 heavy (non-hydrogen) atoms. The van der Waals surface area contributed by atoms with Gasteiger partial charge in [-0.3, -0.25) is 0 Å². The molecule has 0 spiro atoms. The third kappa shape index (κ3) is 18.0. The molecule has 0 heterocycles. The third-order valence-corrected chi connectivity index (χ3v) is 1.87. The topological polar surface area (TPSA) is 151 Å². The Bertz CT molecular complexity index is 218. The molecule has 0 aliphatic rings. The van der Waals surface area contributed by atoms with E-state index in [1.54, 1.807) is 0 Å². The number of carbonyl (C=O) groups excluding carboxylic acids is 2. The molecule has 0 aromatic rings. The Morgan fingerprint density at radius 1 is 0.947 bits per heavy atom. The first kappa shape index (κ1) is 24.1. The number of hydrogen-bond acceptors (Lipinski definition) is 8. The van der Waals surface area contributed by atoms with E-state index in [1.807, 2.05) is 0 Å². The van der Waals surface area contributed by atoms with Crippen LogP contribution in [-0.4, -0.2) is 89.2 Å². The Balaban J connectivity index is -0.000000256. The van der Waals surface area contributed by atoms with Crippen molar-refractivity contribution < 1.29 is 29.3 Å². The minimum absolute atomic E-state index is 0. The summed E-state index contributed by atoms with van der Waals surface area (Å²) >= 11 is 0. The molecular weight excluding hydrogens is 284 g/mol. The molecule has 0 fully saturated rings. The van der Waals surface area contributed by atoms with Gasteiger partial charge < -0.3 is 40.7 Å².